The summed E-state index contributed by atoms with van der Waals surface area (Å²) >= 11 is 0. The van der Waals surface area contributed by atoms with Gasteiger partial charge in [0.05, 0.1) is 0 Å². The van der Waals surface area contributed by atoms with E-state index in [1.165, 1.54) is 42.7 Å². The van der Waals surface area contributed by atoms with Crippen molar-refractivity contribution in [3.8, 4) is 0 Å². The zero-order valence-electron chi connectivity index (χ0n) is 18.4. The number of aliphatic carboxylic acids is 1. The van der Waals surface area contributed by atoms with Crippen molar-refractivity contribution in [2.75, 3.05) is 42.7 Å². The highest BCUT2D eigenvalue weighted by molar-refractivity contribution is 6.60. The molecule has 0 atom stereocenters. The summed E-state index contributed by atoms with van der Waals surface area (Å²) in [4.78, 5) is 24.1. The summed E-state index contributed by atoms with van der Waals surface area (Å²) in [6, 6.07) is 0.859. The summed E-state index contributed by atoms with van der Waals surface area (Å²) in [7, 11) is 3.52. The predicted octanol–water partition coefficient (Wildman–Crippen LogP) is 0.508. The normalized spacial score (nSPS) is 13.3. The molecule has 10 nitrogen and oxygen atoms in total. The van der Waals surface area contributed by atoms with E-state index in [-0.39, 0.29) is 34.5 Å². The van der Waals surface area contributed by atoms with E-state index in [1.54, 1.807) is 0 Å². The molecule has 0 bridgehead atoms. The molecule has 0 unspecified atom stereocenters. The molecule has 29 heavy (non-hydrogen) atoms. The summed E-state index contributed by atoms with van der Waals surface area (Å²) in [5.74, 6) is -1.76. The quantitative estimate of drug-likeness (QED) is 0.252. The van der Waals surface area contributed by atoms with Crippen molar-refractivity contribution in [3.63, 3.8) is 0 Å². The molecule has 170 valence electrons. The van der Waals surface area contributed by atoms with E-state index >= 15 is 0 Å². The van der Waals surface area contributed by atoms with Gasteiger partial charge in [-0.1, -0.05) is 0 Å². The lowest BCUT2D eigenvalue weighted by atomic mass is 10.00. The topological polar surface area (TPSA) is 119 Å². The molecule has 0 aromatic rings. The summed E-state index contributed by atoms with van der Waals surface area (Å²) in [6.45, 7) is 0. The Morgan fingerprint density at radius 2 is 1.07 bits per heavy atom. The van der Waals surface area contributed by atoms with Crippen molar-refractivity contribution in [1.29, 1.82) is 0 Å². The fourth-order valence-electron chi connectivity index (χ4n) is 2.96. The second-order valence-corrected chi connectivity index (χ2v) is 12.6. The molecule has 0 saturated carbocycles. The first-order chi connectivity index (χ1) is 13.7. The molecule has 0 saturated heterocycles. The molecular formula is C16H34O10Si3. The maximum absolute atomic E-state index is 12.3. The molecule has 0 fully saturated rings. The van der Waals surface area contributed by atoms with Crippen LogP contribution in [0.3, 0.4) is 0 Å². The van der Waals surface area contributed by atoms with Gasteiger partial charge >= 0.3 is 29.5 Å². The zero-order chi connectivity index (χ0) is 22.5. The lowest BCUT2D eigenvalue weighted by Gasteiger charge is -2.25. The van der Waals surface area contributed by atoms with Gasteiger partial charge in [-0.15, -0.1) is 0 Å². The summed E-state index contributed by atoms with van der Waals surface area (Å²) in [5, 5.41) is 9.68. The van der Waals surface area contributed by atoms with Crippen molar-refractivity contribution in [2.24, 2.45) is 0 Å². The SMILES string of the molecule is CO[Si](CCC/C(C(=O)O)=C(\CCC[Si](OC)(OC)OC)C(=O)O[SiH3])(OC)OC. The largest absolute Gasteiger partial charge is 0.525 e. The van der Waals surface area contributed by atoms with Crippen molar-refractivity contribution < 1.29 is 45.7 Å². The molecule has 0 heterocycles. The summed E-state index contributed by atoms with van der Waals surface area (Å²) in [5.41, 5.74) is 0.176. The Labute approximate surface area is 177 Å². The minimum Gasteiger partial charge on any atom is -0.525 e. The van der Waals surface area contributed by atoms with Crippen LogP contribution in [0.25, 0.3) is 0 Å². The van der Waals surface area contributed by atoms with Crippen molar-refractivity contribution in [1.82, 2.24) is 0 Å². The summed E-state index contributed by atoms with van der Waals surface area (Å²) in [6.07, 6.45) is 1.26. The second-order valence-electron chi connectivity index (χ2n) is 6.05. The van der Waals surface area contributed by atoms with E-state index in [2.05, 4.69) is 0 Å². The number of hydrogen-bond acceptors (Lipinski definition) is 9. The molecule has 0 rings (SSSR count). The second kappa shape index (κ2) is 14.2. The van der Waals surface area contributed by atoms with Gasteiger partial charge in [-0.2, -0.15) is 0 Å². The standard InChI is InChI=1S/C16H34O10Si3/c1-20-28(21-2,22-3)11-7-9-13(15(17)18)14(16(19)26-27)10-8-12-29(23-4,24-5)25-6/h7-12H2,1-6,27H3,(H,17,18)/b14-13-. The predicted molar refractivity (Wildman–Crippen MR) is 112 cm³/mol. The van der Waals surface area contributed by atoms with E-state index < -0.39 is 29.5 Å². The third kappa shape index (κ3) is 8.39. The lowest BCUT2D eigenvalue weighted by Crippen LogP contribution is -2.42. The number of carboxylic acids is 1. The van der Waals surface area contributed by atoms with Gasteiger partial charge < -0.3 is 36.1 Å². The minimum atomic E-state index is -2.82. The van der Waals surface area contributed by atoms with Gasteiger partial charge in [0.2, 0.25) is 10.5 Å². The van der Waals surface area contributed by atoms with Crippen LogP contribution in [0.5, 0.6) is 0 Å². The van der Waals surface area contributed by atoms with E-state index in [1.807, 2.05) is 0 Å². The first kappa shape index (κ1) is 28.1. The highest BCUT2D eigenvalue weighted by atomic mass is 28.4. The highest BCUT2D eigenvalue weighted by Crippen LogP contribution is 2.25. The molecule has 0 aliphatic carbocycles. The van der Waals surface area contributed by atoms with Gasteiger partial charge in [0, 0.05) is 65.9 Å². The van der Waals surface area contributed by atoms with Crippen molar-refractivity contribution in [3.05, 3.63) is 11.1 Å². The van der Waals surface area contributed by atoms with Crippen LogP contribution in [0, 0.1) is 0 Å². The number of hydrogen-bond donors (Lipinski definition) is 1. The van der Waals surface area contributed by atoms with Crippen LogP contribution in [-0.2, 0) is 40.6 Å². The highest BCUT2D eigenvalue weighted by Gasteiger charge is 2.38. The van der Waals surface area contributed by atoms with Gasteiger partial charge in [-0.05, 0) is 25.7 Å². The molecule has 0 spiro atoms. The molecule has 0 aliphatic rings. The number of carbonyl (C=O) groups excluding carboxylic acids is 1. The zero-order valence-corrected chi connectivity index (χ0v) is 22.4. The van der Waals surface area contributed by atoms with E-state index in [4.69, 9.17) is 31.0 Å². The van der Waals surface area contributed by atoms with E-state index in [0.29, 0.717) is 24.9 Å². The van der Waals surface area contributed by atoms with Crippen LogP contribution in [0.4, 0.5) is 0 Å². The van der Waals surface area contributed by atoms with Crippen molar-refractivity contribution in [2.45, 2.75) is 37.8 Å². The van der Waals surface area contributed by atoms with Gasteiger partial charge in [-0.3, -0.25) is 0 Å². The lowest BCUT2D eigenvalue weighted by molar-refractivity contribution is -0.135. The Hall–Kier alpha value is -0.909. The fourth-order valence-corrected chi connectivity index (χ4v) is 6.65. The van der Waals surface area contributed by atoms with Gasteiger partial charge in [0.1, 0.15) is 0 Å². The molecule has 0 aromatic carbocycles. The molecule has 0 aromatic heterocycles. The number of carboxylic acid groups (broad SMARTS) is 1. The molecule has 0 amide bonds. The van der Waals surface area contributed by atoms with E-state index in [9.17, 15) is 14.7 Å². The Morgan fingerprint density at radius 1 is 0.724 bits per heavy atom. The first-order valence-electron chi connectivity index (χ1n) is 9.08. The van der Waals surface area contributed by atoms with Crippen molar-refractivity contribution >= 4 is 40.0 Å². The fraction of sp³-hybridized carbons (Fsp3) is 0.750. The Bertz CT molecular complexity index is 531. The van der Waals surface area contributed by atoms with Crippen LogP contribution >= 0.6 is 0 Å². The third-order valence-corrected chi connectivity index (χ3v) is 10.8. The Kier molecular flexibility index (Phi) is 13.7. The number of carbonyl (C=O) groups is 2. The number of rotatable bonds is 16. The van der Waals surface area contributed by atoms with Crippen LogP contribution in [0.1, 0.15) is 25.7 Å². The third-order valence-electron chi connectivity index (χ3n) is 4.74. The molecular weight excluding hydrogens is 436 g/mol. The smallest absolute Gasteiger partial charge is 0.500 e. The molecule has 0 radical (unpaired) electrons. The van der Waals surface area contributed by atoms with Crippen LogP contribution in [0.2, 0.25) is 12.1 Å². The molecule has 1 N–H and O–H groups in total. The van der Waals surface area contributed by atoms with Crippen LogP contribution < -0.4 is 0 Å². The maximum Gasteiger partial charge on any atom is 0.500 e. The Balaban J connectivity index is 5.42. The Morgan fingerprint density at radius 3 is 1.34 bits per heavy atom. The van der Waals surface area contributed by atoms with Gasteiger partial charge in [0.25, 0.3) is 0 Å². The summed E-state index contributed by atoms with van der Waals surface area (Å²) < 4.78 is 37.1. The van der Waals surface area contributed by atoms with Crippen LogP contribution in [-0.4, -0.2) is 87.8 Å². The molecule has 0 aliphatic heterocycles. The average Bonchev–Trinajstić information content (AvgIpc) is 2.75. The maximum atomic E-state index is 12.3. The van der Waals surface area contributed by atoms with Gasteiger partial charge in [0.15, 0.2) is 0 Å². The monoisotopic (exact) mass is 470 g/mol. The minimum absolute atomic E-state index is 0.0246. The first-order valence-corrected chi connectivity index (χ1v) is 13.8. The van der Waals surface area contributed by atoms with Gasteiger partial charge in [-0.25, -0.2) is 9.59 Å². The molecule has 13 heteroatoms. The van der Waals surface area contributed by atoms with E-state index in [0.717, 1.165) is 0 Å². The van der Waals surface area contributed by atoms with Crippen LogP contribution in [0.15, 0.2) is 11.1 Å². The average molecular weight is 471 g/mol.